The van der Waals surface area contributed by atoms with Gasteiger partial charge in [-0.2, -0.15) is 13.2 Å². The number of carbonyl (C=O) groups is 1. The second-order valence-electron chi connectivity index (χ2n) is 10.3. The Hall–Kier alpha value is -3.72. The number of benzene rings is 3. The highest BCUT2D eigenvalue weighted by atomic mass is 32.2. The van der Waals surface area contributed by atoms with Crippen LogP contribution < -0.4 is 4.18 Å². The van der Waals surface area contributed by atoms with Gasteiger partial charge >= 0.3 is 16.1 Å². The molecule has 0 unspecified atom stereocenters. The molecule has 4 aromatic rings. The summed E-state index contributed by atoms with van der Waals surface area (Å²) in [7, 11) is -4.18. The summed E-state index contributed by atoms with van der Waals surface area (Å²) < 4.78 is 37.8. The molecule has 0 aliphatic heterocycles. The summed E-state index contributed by atoms with van der Waals surface area (Å²) in [4.78, 5) is 13.6. The second kappa shape index (κ2) is 10.9. The predicted molar refractivity (Wildman–Crippen MR) is 146 cm³/mol. The number of ether oxygens (including phenoxy) is 1. The standard InChI is InChI=1S/C29H33N3O5S/c1-6-7-16-36-28(33)18-21-13-15-27(23(17-21)29(3,4)5)37-38(34,35)22-14-12-20(2)26(19-22)32-30-24-10-8-9-11-25(24)31-32/h8-15,17,19H,6-7,16,18H2,1-5H3. The van der Waals surface area contributed by atoms with Crippen molar-refractivity contribution in [2.24, 2.45) is 0 Å². The van der Waals surface area contributed by atoms with Crippen LogP contribution in [-0.4, -0.2) is 36.0 Å². The molecule has 0 aliphatic carbocycles. The molecule has 200 valence electrons. The highest BCUT2D eigenvalue weighted by molar-refractivity contribution is 7.87. The lowest BCUT2D eigenvalue weighted by Gasteiger charge is -2.23. The molecular weight excluding hydrogens is 502 g/mol. The molecular formula is C29H33N3O5S. The van der Waals surface area contributed by atoms with Crippen molar-refractivity contribution in [3.05, 3.63) is 77.4 Å². The number of unbranched alkanes of at least 4 members (excludes halogenated alkanes) is 1. The predicted octanol–water partition coefficient (Wildman–Crippen LogP) is 5.68. The molecule has 1 heterocycles. The summed E-state index contributed by atoms with van der Waals surface area (Å²) in [5.41, 5.74) is 3.74. The molecule has 1 aromatic heterocycles. The van der Waals surface area contributed by atoms with Crippen molar-refractivity contribution in [1.29, 1.82) is 0 Å². The minimum atomic E-state index is -4.18. The van der Waals surface area contributed by atoms with Crippen molar-refractivity contribution >= 4 is 27.1 Å². The molecule has 3 aromatic carbocycles. The zero-order valence-corrected chi connectivity index (χ0v) is 23.2. The van der Waals surface area contributed by atoms with E-state index in [0.29, 0.717) is 28.9 Å². The number of aryl methyl sites for hydroxylation is 1. The molecule has 0 radical (unpaired) electrons. The van der Waals surface area contributed by atoms with Crippen LogP contribution in [0.15, 0.2) is 65.6 Å². The van der Waals surface area contributed by atoms with E-state index in [9.17, 15) is 13.2 Å². The van der Waals surface area contributed by atoms with Crippen molar-refractivity contribution in [2.75, 3.05) is 6.61 Å². The Morgan fingerprint density at radius 1 is 0.974 bits per heavy atom. The molecule has 0 amide bonds. The largest absolute Gasteiger partial charge is 0.465 e. The van der Waals surface area contributed by atoms with E-state index in [2.05, 4.69) is 10.2 Å². The number of hydrogen-bond donors (Lipinski definition) is 0. The first-order valence-corrected chi connectivity index (χ1v) is 14.1. The van der Waals surface area contributed by atoms with Crippen LogP contribution in [-0.2, 0) is 31.5 Å². The zero-order chi connectivity index (χ0) is 27.5. The van der Waals surface area contributed by atoms with Crippen LogP contribution in [0.4, 0.5) is 0 Å². The SMILES string of the molecule is CCCCOC(=O)Cc1ccc(OS(=O)(=O)c2ccc(C)c(-n3nc4ccccc4n3)c2)c(C(C)(C)C)c1. The van der Waals surface area contributed by atoms with Crippen LogP contribution in [0, 0.1) is 6.92 Å². The second-order valence-corrected chi connectivity index (χ2v) is 11.8. The molecule has 0 aliphatic rings. The summed E-state index contributed by atoms with van der Waals surface area (Å²) in [6.45, 7) is 10.2. The number of fused-ring (bicyclic) bond motifs is 1. The maximum atomic E-state index is 13.4. The van der Waals surface area contributed by atoms with Gasteiger partial charge in [0.05, 0.1) is 18.7 Å². The molecule has 0 N–H and O–H groups in total. The van der Waals surface area contributed by atoms with Crippen molar-refractivity contribution in [3.63, 3.8) is 0 Å². The molecule has 0 spiro atoms. The molecule has 0 fully saturated rings. The van der Waals surface area contributed by atoms with Gasteiger partial charge in [-0.25, -0.2) is 0 Å². The molecule has 9 heteroatoms. The molecule has 0 atom stereocenters. The summed E-state index contributed by atoms with van der Waals surface area (Å²) >= 11 is 0. The Bertz CT molecular complexity index is 1540. The van der Waals surface area contributed by atoms with Gasteiger partial charge in [-0.1, -0.05) is 64.4 Å². The third-order valence-electron chi connectivity index (χ3n) is 6.13. The van der Waals surface area contributed by atoms with Crippen molar-refractivity contribution < 1.29 is 22.1 Å². The van der Waals surface area contributed by atoms with Crippen LogP contribution in [0.1, 0.15) is 57.2 Å². The Morgan fingerprint density at radius 3 is 2.29 bits per heavy atom. The number of nitrogens with zero attached hydrogens (tertiary/aromatic N) is 3. The Labute approximate surface area is 223 Å². The van der Waals surface area contributed by atoms with Gasteiger partial charge in [0.15, 0.2) is 0 Å². The van der Waals surface area contributed by atoms with Crippen LogP contribution in [0.2, 0.25) is 0 Å². The summed E-state index contributed by atoms with van der Waals surface area (Å²) in [6, 6.07) is 17.3. The van der Waals surface area contributed by atoms with E-state index in [1.54, 1.807) is 18.2 Å². The fraction of sp³-hybridized carbons (Fsp3) is 0.345. The van der Waals surface area contributed by atoms with Gasteiger partial charge in [-0.05, 0) is 60.2 Å². The van der Waals surface area contributed by atoms with E-state index in [0.717, 1.165) is 24.0 Å². The quantitative estimate of drug-likeness (QED) is 0.154. The average Bonchev–Trinajstić information content (AvgIpc) is 3.28. The van der Waals surface area contributed by atoms with Crippen molar-refractivity contribution in [1.82, 2.24) is 15.0 Å². The first kappa shape index (κ1) is 27.3. The van der Waals surface area contributed by atoms with E-state index in [1.165, 1.54) is 16.9 Å². The van der Waals surface area contributed by atoms with E-state index in [-0.39, 0.29) is 23.0 Å². The minimum absolute atomic E-state index is 0.0112. The van der Waals surface area contributed by atoms with Gasteiger partial charge in [0.2, 0.25) is 0 Å². The average molecular weight is 536 g/mol. The van der Waals surface area contributed by atoms with Gasteiger partial charge < -0.3 is 8.92 Å². The maximum Gasteiger partial charge on any atom is 0.339 e. The number of aromatic nitrogens is 3. The topological polar surface area (TPSA) is 100 Å². The molecule has 4 rings (SSSR count). The van der Waals surface area contributed by atoms with E-state index < -0.39 is 15.5 Å². The Morgan fingerprint density at radius 2 is 1.66 bits per heavy atom. The van der Waals surface area contributed by atoms with E-state index in [1.807, 2.05) is 65.0 Å². The minimum Gasteiger partial charge on any atom is -0.465 e. The van der Waals surface area contributed by atoms with Crippen LogP contribution in [0.5, 0.6) is 5.75 Å². The first-order valence-electron chi connectivity index (χ1n) is 12.6. The van der Waals surface area contributed by atoms with E-state index in [4.69, 9.17) is 8.92 Å². The third kappa shape index (κ3) is 6.22. The van der Waals surface area contributed by atoms with Gasteiger partial charge in [-0.15, -0.1) is 10.2 Å². The molecule has 0 saturated heterocycles. The van der Waals surface area contributed by atoms with Gasteiger partial charge in [0.25, 0.3) is 0 Å². The van der Waals surface area contributed by atoms with Gasteiger partial charge in [0, 0.05) is 5.56 Å². The Kier molecular flexibility index (Phi) is 7.87. The molecule has 0 bridgehead atoms. The number of hydrogen-bond acceptors (Lipinski definition) is 7. The lowest BCUT2D eigenvalue weighted by atomic mass is 9.85. The van der Waals surface area contributed by atoms with Gasteiger partial charge in [-0.3, -0.25) is 4.79 Å². The number of rotatable bonds is 9. The maximum absolute atomic E-state index is 13.4. The lowest BCUT2D eigenvalue weighted by Crippen LogP contribution is -2.18. The highest BCUT2D eigenvalue weighted by Gasteiger charge is 2.26. The summed E-state index contributed by atoms with van der Waals surface area (Å²) in [6.07, 6.45) is 1.86. The van der Waals surface area contributed by atoms with Crippen LogP contribution >= 0.6 is 0 Å². The normalized spacial score (nSPS) is 12.0. The highest BCUT2D eigenvalue weighted by Crippen LogP contribution is 2.34. The summed E-state index contributed by atoms with van der Waals surface area (Å²) in [5.74, 6) is -0.0997. The smallest absolute Gasteiger partial charge is 0.339 e. The molecule has 0 saturated carbocycles. The monoisotopic (exact) mass is 535 g/mol. The van der Waals surface area contributed by atoms with E-state index >= 15 is 0 Å². The fourth-order valence-electron chi connectivity index (χ4n) is 3.99. The fourth-order valence-corrected chi connectivity index (χ4v) is 4.96. The zero-order valence-electron chi connectivity index (χ0n) is 22.4. The number of carbonyl (C=O) groups excluding carboxylic acids is 1. The Balaban J connectivity index is 1.63. The third-order valence-corrected chi connectivity index (χ3v) is 7.36. The van der Waals surface area contributed by atoms with Crippen LogP contribution in [0.3, 0.4) is 0 Å². The number of esters is 1. The van der Waals surface area contributed by atoms with Crippen molar-refractivity contribution in [3.8, 4) is 11.4 Å². The molecule has 38 heavy (non-hydrogen) atoms. The molecule has 8 nitrogen and oxygen atoms in total. The first-order chi connectivity index (χ1) is 18.0. The van der Waals surface area contributed by atoms with Crippen LogP contribution in [0.25, 0.3) is 16.7 Å². The lowest BCUT2D eigenvalue weighted by molar-refractivity contribution is -0.142. The summed E-state index contributed by atoms with van der Waals surface area (Å²) in [5, 5.41) is 8.97. The van der Waals surface area contributed by atoms with Crippen molar-refractivity contribution in [2.45, 2.75) is 64.2 Å². The van der Waals surface area contributed by atoms with Gasteiger partial charge in [0.1, 0.15) is 21.7 Å².